The molecule has 0 aliphatic heterocycles. The molecule has 0 aliphatic rings. The lowest BCUT2D eigenvalue weighted by Crippen LogP contribution is -2.23. The maximum atomic E-state index is 12.0. The molecule has 124 valence electrons. The number of benzene rings is 1. The van der Waals surface area contributed by atoms with Crippen LogP contribution in [0, 0.1) is 0 Å². The number of rotatable bonds is 6. The molecule has 0 bridgehead atoms. The van der Waals surface area contributed by atoms with Crippen molar-refractivity contribution < 1.29 is 13.2 Å². The molecule has 0 saturated carbocycles. The number of aromatic nitrogens is 1. The van der Waals surface area contributed by atoms with Crippen molar-refractivity contribution in [1.82, 2.24) is 14.6 Å². The van der Waals surface area contributed by atoms with Crippen molar-refractivity contribution in [2.24, 2.45) is 0 Å². The number of thiazole rings is 1. The summed E-state index contributed by atoms with van der Waals surface area (Å²) in [6, 6.07) is 6.47. The molecule has 1 heterocycles. The maximum Gasteiger partial charge on any atom is 0.263 e. The SMILES string of the molecule is CCc1ncc(C(=O)NCc2ccc(S(=O)(=O)N(C)C)cc2)s1. The van der Waals surface area contributed by atoms with Crippen LogP contribution in [0.15, 0.2) is 35.4 Å². The van der Waals surface area contributed by atoms with E-state index in [9.17, 15) is 13.2 Å². The Bertz CT molecular complexity index is 781. The van der Waals surface area contributed by atoms with Crippen molar-refractivity contribution in [2.75, 3.05) is 14.1 Å². The Balaban J connectivity index is 2.00. The minimum atomic E-state index is -3.43. The van der Waals surface area contributed by atoms with E-state index in [0.717, 1.165) is 17.0 Å². The fourth-order valence-electron chi connectivity index (χ4n) is 1.84. The van der Waals surface area contributed by atoms with Gasteiger partial charge in [0.05, 0.1) is 16.1 Å². The quantitative estimate of drug-likeness (QED) is 0.860. The van der Waals surface area contributed by atoms with E-state index in [-0.39, 0.29) is 10.8 Å². The van der Waals surface area contributed by atoms with E-state index in [1.807, 2.05) is 6.92 Å². The van der Waals surface area contributed by atoms with Crippen LogP contribution in [-0.4, -0.2) is 37.7 Å². The molecule has 0 aliphatic carbocycles. The molecule has 1 aromatic heterocycles. The van der Waals surface area contributed by atoms with Gasteiger partial charge in [0.1, 0.15) is 4.88 Å². The lowest BCUT2D eigenvalue weighted by atomic mass is 10.2. The summed E-state index contributed by atoms with van der Waals surface area (Å²) in [6.07, 6.45) is 2.38. The second-order valence-corrected chi connectivity index (χ2v) is 8.35. The highest BCUT2D eigenvalue weighted by Crippen LogP contribution is 2.15. The molecular formula is C15H19N3O3S2. The number of amides is 1. The fourth-order valence-corrected chi connectivity index (χ4v) is 3.51. The van der Waals surface area contributed by atoms with Gasteiger partial charge in [-0.1, -0.05) is 19.1 Å². The Labute approximate surface area is 140 Å². The van der Waals surface area contributed by atoms with Crippen LogP contribution in [0.4, 0.5) is 0 Å². The van der Waals surface area contributed by atoms with Crippen LogP contribution in [-0.2, 0) is 23.0 Å². The van der Waals surface area contributed by atoms with Crippen LogP contribution in [0.1, 0.15) is 27.2 Å². The molecule has 0 spiro atoms. The van der Waals surface area contributed by atoms with Gasteiger partial charge in [0, 0.05) is 20.6 Å². The molecule has 1 N–H and O–H groups in total. The van der Waals surface area contributed by atoms with Crippen LogP contribution in [0.2, 0.25) is 0 Å². The van der Waals surface area contributed by atoms with Crippen molar-refractivity contribution >= 4 is 27.3 Å². The van der Waals surface area contributed by atoms with Gasteiger partial charge in [-0.25, -0.2) is 17.7 Å². The molecule has 8 heteroatoms. The largest absolute Gasteiger partial charge is 0.347 e. The van der Waals surface area contributed by atoms with E-state index in [4.69, 9.17) is 0 Å². The van der Waals surface area contributed by atoms with Crippen molar-refractivity contribution in [3.05, 3.63) is 45.9 Å². The molecule has 1 aromatic carbocycles. The van der Waals surface area contributed by atoms with Gasteiger partial charge in [-0.05, 0) is 24.1 Å². The van der Waals surface area contributed by atoms with Crippen molar-refractivity contribution in [3.63, 3.8) is 0 Å². The standard InChI is InChI=1S/C15H19N3O3S2/c1-4-14-16-10-13(22-14)15(19)17-9-11-5-7-12(8-6-11)23(20,21)18(2)3/h5-8,10H,4,9H2,1-3H3,(H,17,19). The summed E-state index contributed by atoms with van der Waals surface area (Å²) in [6.45, 7) is 2.32. The van der Waals surface area contributed by atoms with Gasteiger partial charge in [-0.2, -0.15) is 0 Å². The maximum absolute atomic E-state index is 12.0. The molecule has 0 saturated heterocycles. The number of hydrogen-bond donors (Lipinski definition) is 1. The molecule has 0 radical (unpaired) electrons. The molecule has 2 aromatic rings. The van der Waals surface area contributed by atoms with E-state index in [2.05, 4.69) is 10.3 Å². The second-order valence-electron chi connectivity index (χ2n) is 5.09. The number of aryl methyl sites for hydroxylation is 1. The first-order valence-electron chi connectivity index (χ1n) is 7.09. The van der Waals surface area contributed by atoms with E-state index in [1.54, 1.807) is 30.5 Å². The predicted octanol–water partition coefficient (Wildman–Crippen LogP) is 1.89. The third kappa shape index (κ3) is 4.15. The summed E-state index contributed by atoms with van der Waals surface area (Å²) >= 11 is 1.38. The minimum absolute atomic E-state index is 0.174. The summed E-state index contributed by atoms with van der Waals surface area (Å²) in [7, 11) is -0.450. The monoisotopic (exact) mass is 353 g/mol. The summed E-state index contributed by atoms with van der Waals surface area (Å²) < 4.78 is 25.1. The average molecular weight is 353 g/mol. The highest BCUT2D eigenvalue weighted by Gasteiger charge is 2.16. The third-order valence-electron chi connectivity index (χ3n) is 3.23. The molecule has 0 unspecified atom stereocenters. The highest BCUT2D eigenvalue weighted by atomic mass is 32.2. The smallest absolute Gasteiger partial charge is 0.263 e. The van der Waals surface area contributed by atoms with Gasteiger partial charge in [-0.3, -0.25) is 4.79 Å². The topological polar surface area (TPSA) is 79.4 Å². The summed E-state index contributed by atoms with van der Waals surface area (Å²) in [5.74, 6) is -0.174. The van der Waals surface area contributed by atoms with Gasteiger partial charge in [0.25, 0.3) is 5.91 Å². The number of sulfonamides is 1. The first-order chi connectivity index (χ1) is 10.8. The normalized spacial score (nSPS) is 11.7. The number of carbonyl (C=O) groups excluding carboxylic acids is 1. The van der Waals surface area contributed by atoms with Gasteiger partial charge in [0.15, 0.2) is 0 Å². The van der Waals surface area contributed by atoms with Gasteiger partial charge < -0.3 is 5.32 Å². The van der Waals surface area contributed by atoms with Crippen LogP contribution in [0.25, 0.3) is 0 Å². The summed E-state index contributed by atoms with van der Waals surface area (Å²) in [5, 5.41) is 3.73. The van der Waals surface area contributed by atoms with Gasteiger partial charge in [0.2, 0.25) is 10.0 Å². The molecule has 0 atom stereocenters. The van der Waals surface area contributed by atoms with Crippen LogP contribution in [0.3, 0.4) is 0 Å². The molecule has 6 nitrogen and oxygen atoms in total. The Kier molecular flexibility index (Phi) is 5.51. The zero-order valence-corrected chi connectivity index (χ0v) is 14.9. The van der Waals surface area contributed by atoms with E-state index >= 15 is 0 Å². The Morgan fingerprint density at radius 3 is 2.43 bits per heavy atom. The Morgan fingerprint density at radius 2 is 1.91 bits per heavy atom. The molecule has 0 fully saturated rings. The van der Waals surface area contributed by atoms with E-state index in [1.165, 1.54) is 29.7 Å². The Hall–Kier alpha value is -1.77. The molecule has 23 heavy (non-hydrogen) atoms. The molecule has 2 rings (SSSR count). The molecular weight excluding hydrogens is 334 g/mol. The predicted molar refractivity (Wildman–Crippen MR) is 90.0 cm³/mol. The van der Waals surface area contributed by atoms with Gasteiger partial charge in [-0.15, -0.1) is 11.3 Å². The van der Waals surface area contributed by atoms with Crippen LogP contribution < -0.4 is 5.32 Å². The zero-order chi connectivity index (χ0) is 17.0. The first kappa shape index (κ1) is 17.6. The zero-order valence-electron chi connectivity index (χ0n) is 13.2. The van der Waals surface area contributed by atoms with Crippen LogP contribution >= 0.6 is 11.3 Å². The lowest BCUT2D eigenvalue weighted by molar-refractivity contribution is 0.0954. The van der Waals surface area contributed by atoms with Crippen LogP contribution in [0.5, 0.6) is 0 Å². The summed E-state index contributed by atoms with van der Waals surface area (Å²) in [5.41, 5.74) is 0.830. The number of nitrogens with zero attached hydrogens (tertiary/aromatic N) is 2. The average Bonchev–Trinajstić information content (AvgIpc) is 3.02. The summed E-state index contributed by atoms with van der Waals surface area (Å²) in [4.78, 5) is 17.0. The van der Waals surface area contributed by atoms with E-state index in [0.29, 0.717) is 11.4 Å². The second kappa shape index (κ2) is 7.20. The third-order valence-corrected chi connectivity index (χ3v) is 6.20. The van der Waals surface area contributed by atoms with Crippen molar-refractivity contribution in [2.45, 2.75) is 24.8 Å². The number of carbonyl (C=O) groups is 1. The van der Waals surface area contributed by atoms with Crippen molar-refractivity contribution in [1.29, 1.82) is 0 Å². The number of hydrogen-bond acceptors (Lipinski definition) is 5. The van der Waals surface area contributed by atoms with E-state index < -0.39 is 10.0 Å². The highest BCUT2D eigenvalue weighted by molar-refractivity contribution is 7.89. The fraction of sp³-hybridized carbons (Fsp3) is 0.333. The lowest BCUT2D eigenvalue weighted by Gasteiger charge is -2.11. The minimum Gasteiger partial charge on any atom is -0.347 e. The number of nitrogens with one attached hydrogen (secondary N) is 1. The first-order valence-corrected chi connectivity index (χ1v) is 9.34. The molecule has 1 amide bonds. The Morgan fingerprint density at radius 1 is 1.26 bits per heavy atom. The van der Waals surface area contributed by atoms with Crippen molar-refractivity contribution in [3.8, 4) is 0 Å². The van der Waals surface area contributed by atoms with Gasteiger partial charge >= 0.3 is 0 Å².